The average molecular weight is 1050 g/mol. The van der Waals surface area contributed by atoms with Crippen LogP contribution in [0.25, 0.3) is 0 Å². The number of rotatable bonds is 15. The zero-order valence-electron chi connectivity index (χ0n) is 42.6. The first-order chi connectivity index (χ1) is 34.6. The van der Waals surface area contributed by atoms with Crippen LogP contribution in [0.2, 0.25) is 0 Å². The quantitative estimate of drug-likeness (QED) is 0.0791. The van der Waals surface area contributed by atoms with Gasteiger partial charge in [0.1, 0.15) is 97.7 Å². The molecule has 13 N–H and O–H groups in total. The Labute approximate surface area is 426 Å². The predicted molar refractivity (Wildman–Crippen MR) is 249 cm³/mol. The summed E-state index contributed by atoms with van der Waals surface area (Å²) in [5.41, 5.74) is 1.43. The summed E-state index contributed by atoms with van der Waals surface area (Å²) in [6.45, 7) is 8.94. The summed E-state index contributed by atoms with van der Waals surface area (Å²) in [4.78, 5) is 0. The summed E-state index contributed by atoms with van der Waals surface area (Å²) in [7, 11) is 0. The predicted octanol–water partition coefficient (Wildman–Crippen LogP) is -1.98. The molecule has 22 heteroatoms. The Balaban J connectivity index is 0.838. The van der Waals surface area contributed by atoms with E-state index in [1.165, 1.54) is 12.5 Å². The van der Waals surface area contributed by atoms with Gasteiger partial charge >= 0.3 is 0 Å². The number of aliphatic hydroxyl groups is 13. The fraction of sp³-hybridized carbons (Fsp3) is 0.961. The Bertz CT molecular complexity index is 1880. The van der Waals surface area contributed by atoms with E-state index in [1.54, 1.807) is 0 Å². The van der Waals surface area contributed by atoms with E-state index in [0.717, 1.165) is 57.1 Å². The van der Waals surface area contributed by atoms with E-state index in [2.05, 4.69) is 20.8 Å². The van der Waals surface area contributed by atoms with Crippen LogP contribution in [0.5, 0.6) is 0 Å². The van der Waals surface area contributed by atoms with Crippen molar-refractivity contribution in [2.75, 3.05) is 26.4 Å². The second-order valence-electron chi connectivity index (χ2n) is 23.7. The highest BCUT2D eigenvalue weighted by Crippen LogP contribution is 2.70. The van der Waals surface area contributed by atoms with Gasteiger partial charge in [-0.05, 0) is 118 Å². The van der Waals surface area contributed by atoms with Gasteiger partial charge in [0, 0.05) is 12.3 Å². The molecule has 420 valence electrons. The zero-order valence-corrected chi connectivity index (χ0v) is 42.6. The van der Waals surface area contributed by atoms with Crippen LogP contribution in [0.4, 0.5) is 0 Å². The van der Waals surface area contributed by atoms with Gasteiger partial charge in [0.25, 0.3) is 0 Å². The van der Waals surface area contributed by atoms with Crippen LogP contribution in [0.1, 0.15) is 98.8 Å². The molecule has 9 rings (SSSR count). The van der Waals surface area contributed by atoms with Crippen LogP contribution < -0.4 is 0 Å². The molecule has 4 saturated heterocycles. The van der Waals surface area contributed by atoms with Crippen molar-refractivity contribution >= 4 is 0 Å². The van der Waals surface area contributed by atoms with E-state index in [-0.39, 0.29) is 35.6 Å². The van der Waals surface area contributed by atoms with E-state index in [1.807, 2.05) is 6.92 Å². The maximum absolute atomic E-state index is 12.1. The van der Waals surface area contributed by atoms with Gasteiger partial charge < -0.3 is 109 Å². The topological polar surface area (TPSA) is 346 Å². The molecule has 0 aromatic rings. The van der Waals surface area contributed by atoms with Crippen LogP contribution in [-0.4, -0.2) is 228 Å². The van der Waals surface area contributed by atoms with Crippen molar-refractivity contribution in [3.63, 3.8) is 0 Å². The first-order valence-electron chi connectivity index (χ1n) is 26.8. The van der Waals surface area contributed by atoms with Crippen molar-refractivity contribution in [2.24, 2.45) is 46.3 Å². The number of ether oxygens (including phenoxy) is 9. The molecule has 22 nitrogen and oxygen atoms in total. The SMILES string of the molecule is CC1=C(CC[C@H](C)CO[C@@H]2O[C@H](CO)[C@@H](O)[C@H](O)[C@H]2O)O[C@H]2C[C@H]3[C@@H]4CC[C@@H]5C[C@@H](O[C@@H]6O[C@H](CO)[C@@H](O[C@@H]7O[C@@H](C)[C@H](O)[C@@H](O)[C@H]7O)[C@H](O)[C@H]6O[C@@H]6O[C@H](CO)[C@@H](O)[C@H](O)[C@H]6O)CC[C@]5(C)[C@H]4CC[C@]3(C)[C@@H]12. The highest BCUT2D eigenvalue weighted by Gasteiger charge is 2.65. The zero-order chi connectivity index (χ0) is 52.6. The summed E-state index contributed by atoms with van der Waals surface area (Å²) in [5, 5.41) is 136. The molecular weight excluding hydrogens is 965 g/mol. The number of aliphatic hydroxyl groups excluding tert-OH is 13. The van der Waals surface area contributed by atoms with Gasteiger partial charge in [-0.25, -0.2) is 0 Å². The minimum atomic E-state index is -1.84. The fourth-order valence-corrected chi connectivity index (χ4v) is 15.1. The molecule has 0 unspecified atom stereocenters. The number of hydrogen-bond donors (Lipinski definition) is 13. The number of hydrogen-bond acceptors (Lipinski definition) is 22. The number of allylic oxidation sites excluding steroid dienone is 1. The van der Waals surface area contributed by atoms with Crippen LogP contribution in [-0.2, 0) is 42.6 Å². The molecule has 5 aliphatic heterocycles. The van der Waals surface area contributed by atoms with Crippen molar-refractivity contribution < 1.29 is 109 Å². The molecule has 9 aliphatic rings. The summed E-state index contributed by atoms with van der Waals surface area (Å²) in [6, 6.07) is 0. The Morgan fingerprint density at radius 1 is 0.575 bits per heavy atom. The molecule has 0 spiro atoms. The van der Waals surface area contributed by atoms with Crippen LogP contribution in [0.15, 0.2) is 11.3 Å². The van der Waals surface area contributed by atoms with Crippen LogP contribution >= 0.6 is 0 Å². The van der Waals surface area contributed by atoms with Crippen molar-refractivity contribution in [3.05, 3.63) is 11.3 Å². The van der Waals surface area contributed by atoms with Gasteiger partial charge in [-0.15, -0.1) is 0 Å². The molecule has 0 aromatic carbocycles. The molecule has 8 fully saturated rings. The van der Waals surface area contributed by atoms with Gasteiger partial charge in [0.15, 0.2) is 25.2 Å². The molecule has 4 aliphatic carbocycles. The lowest BCUT2D eigenvalue weighted by atomic mass is 9.44. The standard InChI is InChI=1S/C51H84O22/c1-20(19-65-46-40(61)38(59)35(56)30(16-52)69-46)6-9-28-21(2)33-29(68-28)15-27-25-8-7-23-14-24(10-12-50(23,4)26(25)11-13-51(27,33)5)67-49-45(73-48-42(63)39(60)36(57)31(17-53)70-48)43(64)44(32(18-54)71-49)72-47-41(62)37(58)34(55)22(3)66-47/h20,22-27,29-49,52-64H,6-19H2,1-5H3/t20-,22-,23+,24-,25+,26-,27-,29-,30+,31+,32+,33-,34-,35+,36+,37+,38-,39-,40+,41+,42+,43-,44+,45+,46+,47-,48-,49+,50-,51-/m0/s1. The van der Waals surface area contributed by atoms with Gasteiger partial charge in [-0.2, -0.15) is 0 Å². The third kappa shape index (κ3) is 10.3. The second-order valence-corrected chi connectivity index (χ2v) is 23.7. The second kappa shape index (κ2) is 22.4. The van der Waals surface area contributed by atoms with Crippen LogP contribution in [0.3, 0.4) is 0 Å². The van der Waals surface area contributed by atoms with Crippen molar-refractivity contribution in [3.8, 4) is 0 Å². The van der Waals surface area contributed by atoms with Crippen molar-refractivity contribution in [1.82, 2.24) is 0 Å². The first kappa shape index (κ1) is 56.4. The Morgan fingerprint density at radius 2 is 1.15 bits per heavy atom. The molecule has 73 heavy (non-hydrogen) atoms. The normalized spacial score (nSPS) is 53.5. The monoisotopic (exact) mass is 1050 g/mol. The van der Waals surface area contributed by atoms with Gasteiger partial charge in [0.2, 0.25) is 0 Å². The summed E-state index contributed by atoms with van der Waals surface area (Å²) in [6.07, 6.45) is -21.1. The molecule has 5 heterocycles. The Kier molecular flexibility index (Phi) is 17.3. The van der Waals surface area contributed by atoms with Crippen molar-refractivity contribution in [1.29, 1.82) is 0 Å². The third-order valence-corrected chi connectivity index (χ3v) is 19.4. The van der Waals surface area contributed by atoms with Gasteiger partial charge in [0.05, 0.1) is 44.4 Å². The molecule has 0 radical (unpaired) electrons. The molecule has 0 amide bonds. The average Bonchev–Trinajstić information content (AvgIpc) is 3.86. The minimum absolute atomic E-state index is 0.0222. The molecule has 0 aromatic heterocycles. The lowest BCUT2D eigenvalue weighted by Crippen LogP contribution is -2.67. The lowest BCUT2D eigenvalue weighted by molar-refractivity contribution is -0.391. The molecule has 4 saturated carbocycles. The highest BCUT2D eigenvalue weighted by molar-refractivity contribution is 5.27. The molecular formula is C51H84O22. The summed E-state index contributed by atoms with van der Waals surface area (Å²) in [5.74, 6) is 3.24. The Hall–Kier alpha value is -1.30. The maximum Gasteiger partial charge on any atom is 0.187 e. The summed E-state index contributed by atoms with van der Waals surface area (Å²) < 4.78 is 54.7. The van der Waals surface area contributed by atoms with E-state index in [0.29, 0.717) is 42.4 Å². The minimum Gasteiger partial charge on any atom is -0.494 e. The van der Waals surface area contributed by atoms with Gasteiger partial charge in [-0.1, -0.05) is 20.8 Å². The summed E-state index contributed by atoms with van der Waals surface area (Å²) >= 11 is 0. The highest BCUT2D eigenvalue weighted by atomic mass is 16.8. The smallest absolute Gasteiger partial charge is 0.187 e. The van der Waals surface area contributed by atoms with E-state index in [4.69, 9.17) is 42.6 Å². The number of fused-ring (bicyclic) bond motifs is 7. The molecule has 30 atom stereocenters. The maximum atomic E-state index is 12.1. The fourth-order valence-electron chi connectivity index (χ4n) is 15.1. The van der Waals surface area contributed by atoms with E-state index < -0.39 is 143 Å². The van der Waals surface area contributed by atoms with E-state index in [9.17, 15) is 66.4 Å². The molecule has 0 bridgehead atoms. The van der Waals surface area contributed by atoms with E-state index >= 15 is 0 Å². The third-order valence-electron chi connectivity index (χ3n) is 19.4. The van der Waals surface area contributed by atoms with Crippen molar-refractivity contribution in [2.45, 2.75) is 234 Å². The Morgan fingerprint density at radius 3 is 1.81 bits per heavy atom. The first-order valence-corrected chi connectivity index (χ1v) is 26.8. The lowest BCUT2D eigenvalue weighted by Gasteiger charge is -2.61. The van der Waals surface area contributed by atoms with Crippen LogP contribution in [0, 0.1) is 46.3 Å². The largest absolute Gasteiger partial charge is 0.494 e. The van der Waals surface area contributed by atoms with Gasteiger partial charge in [-0.3, -0.25) is 0 Å².